The molecule has 2 rings (SSSR count). The van der Waals surface area contributed by atoms with Crippen LogP contribution < -0.4 is 5.32 Å². The fraction of sp³-hybridized carbons (Fsp3) is 0.667. The van der Waals surface area contributed by atoms with Gasteiger partial charge in [0.05, 0.1) is 19.3 Å². The van der Waals surface area contributed by atoms with Gasteiger partial charge in [-0.15, -0.1) is 0 Å². The summed E-state index contributed by atoms with van der Waals surface area (Å²) in [6, 6.07) is -0.698. The molecule has 0 saturated carbocycles. The average molecular weight is 254 g/mol. The molecule has 0 aromatic heterocycles. The molecule has 2 unspecified atom stereocenters. The number of ether oxygens (including phenoxy) is 1. The van der Waals surface area contributed by atoms with Gasteiger partial charge in [0.1, 0.15) is 5.41 Å². The van der Waals surface area contributed by atoms with E-state index in [0.29, 0.717) is 13.1 Å². The summed E-state index contributed by atoms with van der Waals surface area (Å²) in [5.41, 5.74) is -1.04. The number of amides is 2. The highest BCUT2D eigenvalue weighted by atomic mass is 16.5. The molecule has 6 nitrogen and oxygen atoms in total. The van der Waals surface area contributed by atoms with Crippen LogP contribution in [0.1, 0.15) is 13.3 Å². The van der Waals surface area contributed by atoms with E-state index in [2.05, 4.69) is 5.32 Å². The van der Waals surface area contributed by atoms with Gasteiger partial charge in [0.25, 0.3) is 0 Å². The van der Waals surface area contributed by atoms with Crippen molar-refractivity contribution in [1.82, 2.24) is 10.2 Å². The normalized spacial score (nSPS) is 31.4. The van der Waals surface area contributed by atoms with E-state index in [0.717, 1.165) is 6.42 Å². The van der Waals surface area contributed by atoms with Crippen LogP contribution in [-0.4, -0.2) is 54.4 Å². The Morgan fingerprint density at radius 1 is 1.50 bits per heavy atom. The summed E-state index contributed by atoms with van der Waals surface area (Å²) in [4.78, 5) is 24.9. The molecule has 2 amide bonds. The number of carboxylic acids is 1. The Balaban J connectivity index is 1.98. The van der Waals surface area contributed by atoms with Crippen LogP contribution >= 0.6 is 0 Å². The van der Waals surface area contributed by atoms with Crippen LogP contribution in [0.25, 0.3) is 0 Å². The number of hydrogen-bond donors (Lipinski definition) is 2. The summed E-state index contributed by atoms with van der Waals surface area (Å²) in [5, 5.41) is 12.0. The summed E-state index contributed by atoms with van der Waals surface area (Å²) in [7, 11) is 0. The van der Waals surface area contributed by atoms with Gasteiger partial charge in [-0.05, 0) is 13.3 Å². The first-order valence-corrected chi connectivity index (χ1v) is 6.05. The topological polar surface area (TPSA) is 78.9 Å². The van der Waals surface area contributed by atoms with Crippen LogP contribution in [0, 0.1) is 5.41 Å². The molecule has 0 radical (unpaired) electrons. The van der Waals surface area contributed by atoms with Crippen LogP contribution in [0.15, 0.2) is 12.2 Å². The molecule has 6 heteroatoms. The van der Waals surface area contributed by atoms with Crippen molar-refractivity contribution in [1.29, 1.82) is 0 Å². The van der Waals surface area contributed by atoms with E-state index in [9.17, 15) is 14.7 Å². The third-order valence-electron chi connectivity index (χ3n) is 3.59. The number of aliphatic carboxylic acids is 1. The van der Waals surface area contributed by atoms with Crippen molar-refractivity contribution in [3.05, 3.63) is 12.2 Å². The molecule has 1 fully saturated rings. The Bertz CT molecular complexity index is 382. The molecule has 2 aliphatic heterocycles. The third-order valence-corrected chi connectivity index (χ3v) is 3.59. The molecule has 18 heavy (non-hydrogen) atoms. The number of nitrogens with one attached hydrogen (secondary N) is 1. The minimum absolute atomic E-state index is 0.132. The number of carboxylic acid groups (broad SMARTS) is 1. The van der Waals surface area contributed by atoms with E-state index in [-0.39, 0.29) is 19.2 Å². The smallest absolute Gasteiger partial charge is 0.318 e. The Morgan fingerprint density at radius 2 is 2.28 bits per heavy atom. The van der Waals surface area contributed by atoms with Gasteiger partial charge in [-0.25, -0.2) is 4.79 Å². The van der Waals surface area contributed by atoms with E-state index in [1.807, 2.05) is 12.2 Å². The lowest BCUT2D eigenvalue weighted by Crippen LogP contribution is -2.53. The van der Waals surface area contributed by atoms with E-state index in [4.69, 9.17) is 4.74 Å². The molecular weight excluding hydrogens is 236 g/mol. The highest BCUT2D eigenvalue weighted by molar-refractivity contribution is 5.79. The maximum absolute atomic E-state index is 12.0. The van der Waals surface area contributed by atoms with Crippen molar-refractivity contribution in [2.75, 3.05) is 26.3 Å². The van der Waals surface area contributed by atoms with Crippen molar-refractivity contribution < 1.29 is 19.4 Å². The van der Waals surface area contributed by atoms with Crippen LogP contribution in [0.2, 0.25) is 0 Å². The van der Waals surface area contributed by atoms with Crippen molar-refractivity contribution >= 4 is 12.0 Å². The Kier molecular flexibility index (Phi) is 3.56. The van der Waals surface area contributed by atoms with Crippen LogP contribution in [-0.2, 0) is 9.53 Å². The Morgan fingerprint density at radius 3 is 2.89 bits per heavy atom. The fourth-order valence-corrected chi connectivity index (χ4v) is 2.15. The maximum atomic E-state index is 12.0. The standard InChI is InChI=1S/C12H18N2O4/c1-12(10(15)16)8-18-7-9(12)13-11(17)14-5-3-2-4-6-14/h2-3,9H,4-8H2,1H3,(H,13,17)(H,15,16). The second-order valence-corrected chi connectivity index (χ2v) is 4.95. The zero-order valence-electron chi connectivity index (χ0n) is 10.4. The number of hydrogen-bond acceptors (Lipinski definition) is 3. The Labute approximate surface area is 106 Å². The van der Waals surface area contributed by atoms with E-state index in [1.54, 1.807) is 11.8 Å². The van der Waals surface area contributed by atoms with Gasteiger partial charge in [0, 0.05) is 13.1 Å². The van der Waals surface area contributed by atoms with Gasteiger partial charge in [-0.3, -0.25) is 4.79 Å². The second kappa shape index (κ2) is 4.97. The van der Waals surface area contributed by atoms with Crippen LogP contribution in [0.5, 0.6) is 0 Å². The van der Waals surface area contributed by atoms with Crippen molar-refractivity contribution in [2.24, 2.45) is 5.41 Å². The average Bonchev–Trinajstić information content (AvgIpc) is 2.73. The van der Waals surface area contributed by atoms with Crippen LogP contribution in [0.3, 0.4) is 0 Å². The number of carbonyl (C=O) groups excluding carboxylic acids is 1. The summed E-state index contributed by atoms with van der Waals surface area (Å²) in [6.45, 7) is 3.22. The predicted octanol–water partition coefficient (Wildman–Crippen LogP) is 0.448. The van der Waals surface area contributed by atoms with Crippen molar-refractivity contribution in [3.8, 4) is 0 Å². The summed E-state index contributed by atoms with van der Waals surface area (Å²) in [6.07, 6.45) is 4.80. The molecule has 2 atom stereocenters. The molecule has 0 aromatic carbocycles. The fourth-order valence-electron chi connectivity index (χ4n) is 2.15. The lowest BCUT2D eigenvalue weighted by atomic mass is 9.85. The van der Waals surface area contributed by atoms with Gasteiger partial charge in [-0.2, -0.15) is 0 Å². The van der Waals surface area contributed by atoms with E-state index >= 15 is 0 Å². The van der Waals surface area contributed by atoms with Gasteiger partial charge >= 0.3 is 12.0 Å². The first kappa shape index (κ1) is 12.9. The summed E-state index contributed by atoms with van der Waals surface area (Å²) >= 11 is 0. The molecule has 2 N–H and O–H groups in total. The molecule has 0 aromatic rings. The monoisotopic (exact) mass is 254 g/mol. The first-order valence-electron chi connectivity index (χ1n) is 6.05. The number of urea groups is 1. The van der Waals surface area contributed by atoms with Gasteiger partial charge < -0.3 is 20.1 Å². The van der Waals surface area contributed by atoms with E-state index in [1.165, 1.54) is 0 Å². The molecule has 100 valence electrons. The number of rotatable bonds is 2. The van der Waals surface area contributed by atoms with E-state index < -0.39 is 17.4 Å². The molecule has 0 bridgehead atoms. The maximum Gasteiger partial charge on any atom is 0.318 e. The number of carbonyl (C=O) groups is 2. The molecular formula is C12H18N2O4. The molecule has 1 saturated heterocycles. The molecule has 2 aliphatic rings. The molecule has 2 heterocycles. The first-order chi connectivity index (χ1) is 8.54. The molecule has 0 aliphatic carbocycles. The second-order valence-electron chi connectivity index (χ2n) is 4.95. The highest BCUT2D eigenvalue weighted by Crippen LogP contribution is 2.28. The minimum Gasteiger partial charge on any atom is -0.481 e. The molecule has 0 spiro atoms. The minimum atomic E-state index is -1.04. The van der Waals surface area contributed by atoms with Gasteiger partial charge in [0.2, 0.25) is 0 Å². The summed E-state index contributed by atoms with van der Waals surface area (Å²) in [5.74, 6) is -0.941. The Hall–Kier alpha value is -1.56. The quantitative estimate of drug-likeness (QED) is 0.701. The SMILES string of the molecule is CC1(C(=O)O)COCC1NC(=O)N1CC=CCC1. The lowest BCUT2D eigenvalue weighted by Gasteiger charge is -2.30. The van der Waals surface area contributed by atoms with Crippen LogP contribution in [0.4, 0.5) is 4.79 Å². The highest BCUT2D eigenvalue weighted by Gasteiger charge is 2.47. The number of nitrogens with zero attached hydrogens (tertiary/aromatic N) is 1. The zero-order valence-corrected chi connectivity index (χ0v) is 10.4. The third kappa shape index (κ3) is 2.33. The van der Waals surface area contributed by atoms with Gasteiger partial charge in [-0.1, -0.05) is 12.2 Å². The lowest BCUT2D eigenvalue weighted by molar-refractivity contribution is -0.148. The summed E-state index contributed by atoms with van der Waals surface area (Å²) < 4.78 is 5.19. The van der Waals surface area contributed by atoms with Crippen molar-refractivity contribution in [2.45, 2.75) is 19.4 Å². The van der Waals surface area contributed by atoms with Gasteiger partial charge in [0.15, 0.2) is 0 Å². The largest absolute Gasteiger partial charge is 0.481 e. The predicted molar refractivity (Wildman–Crippen MR) is 64.2 cm³/mol. The zero-order chi connectivity index (χ0) is 13.2. The van der Waals surface area contributed by atoms with Crippen molar-refractivity contribution in [3.63, 3.8) is 0 Å².